The topological polar surface area (TPSA) is 24.8 Å². The van der Waals surface area contributed by atoms with Crippen LogP contribution in [0.2, 0.25) is 0 Å². The van der Waals surface area contributed by atoms with Crippen molar-refractivity contribution in [3.8, 4) is 11.5 Å². The standard InChI is InChI=1S/C21H28N2O/c1-15-12-20(16(2)11-19(15)22-14-23(6)7)24-18-10-8-9-17(13-18)21(3,4)5/h8-14H,1-7H3/b22-14-. The van der Waals surface area contributed by atoms with Gasteiger partial charge in [0.05, 0.1) is 12.0 Å². The molecule has 0 bridgehead atoms. The van der Waals surface area contributed by atoms with Gasteiger partial charge in [-0.05, 0) is 60.2 Å². The SMILES string of the molecule is Cc1cc(Oc2cccc(C(C)(C)C)c2)c(C)cc1/N=C\N(C)C. The monoisotopic (exact) mass is 324 g/mol. The predicted octanol–water partition coefficient (Wildman–Crippen LogP) is 5.61. The van der Waals surface area contributed by atoms with Gasteiger partial charge in [0.1, 0.15) is 11.5 Å². The Kier molecular flexibility index (Phi) is 5.33. The van der Waals surface area contributed by atoms with E-state index in [1.807, 2.05) is 37.5 Å². The zero-order valence-electron chi connectivity index (χ0n) is 15.8. The average molecular weight is 324 g/mol. The van der Waals surface area contributed by atoms with Crippen LogP contribution in [0.4, 0.5) is 5.69 Å². The van der Waals surface area contributed by atoms with Gasteiger partial charge in [-0.25, -0.2) is 4.99 Å². The van der Waals surface area contributed by atoms with Gasteiger partial charge in [0.15, 0.2) is 0 Å². The fourth-order valence-electron chi connectivity index (χ4n) is 2.35. The number of nitrogens with zero attached hydrogens (tertiary/aromatic N) is 2. The van der Waals surface area contributed by atoms with E-state index in [0.717, 1.165) is 28.3 Å². The molecule has 0 radical (unpaired) electrons. The molecule has 0 fully saturated rings. The molecule has 128 valence electrons. The molecular weight excluding hydrogens is 296 g/mol. The van der Waals surface area contributed by atoms with Crippen LogP contribution in [0, 0.1) is 13.8 Å². The molecule has 2 aromatic carbocycles. The van der Waals surface area contributed by atoms with E-state index < -0.39 is 0 Å². The summed E-state index contributed by atoms with van der Waals surface area (Å²) in [4.78, 5) is 6.43. The highest BCUT2D eigenvalue weighted by atomic mass is 16.5. The summed E-state index contributed by atoms with van der Waals surface area (Å²) in [6.07, 6.45) is 1.81. The normalized spacial score (nSPS) is 11.8. The van der Waals surface area contributed by atoms with Gasteiger partial charge in [-0.15, -0.1) is 0 Å². The molecule has 2 aromatic rings. The highest BCUT2D eigenvalue weighted by Crippen LogP contribution is 2.33. The molecule has 0 aromatic heterocycles. The van der Waals surface area contributed by atoms with Crippen LogP contribution >= 0.6 is 0 Å². The molecule has 0 saturated heterocycles. The molecule has 0 amide bonds. The molecular formula is C21H28N2O. The summed E-state index contributed by atoms with van der Waals surface area (Å²) >= 11 is 0. The zero-order chi connectivity index (χ0) is 17.9. The van der Waals surface area contributed by atoms with Gasteiger partial charge in [0.25, 0.3) is 0 Å². The second kappa shape index (κ2) is 7.08. The van der Waals surface area contributed by atoms with Crippen molar-refractivity contribution in [3.05, 3.63) is 53.1 Å². The van der Waals surface area contributed by atoms with Crippen molar-refractivity contribution in [2.24, 2.45) is 4.99 Å². The van der Waals surface area contributed by atoms with Gasteiger partial charge in [0.2, 0.25) is 0 Å². The Balaban J connectivity index is 2.29. The molecule has 2 rings (SSSR count). The first-order chi connectivity index (χ1) is 11.2. The third-order valence-electron chi connectivity index (χ3n) is 3.85. The van der Waals surface area contributed by atoms with Gasteiger partial charge < -0.3 is 9.64 Å². The van der Waals surface area contributed by atoms with Gasteiger partial charge in [-0.1, -0.05) is 32.9 Å². The van der Waals surface area contributed by atoms with Crippen LogP contribution in [0.5, 0.6) is 11.5 Å². The van der Waals surface area contributed by atoms with Gasteiger partial charge in [-0.2, -0.15) is 0 Å². The zero-order valence-corrected chi connectivity index (χ0v) is 15.8. The summed E-state index contributed by atoms with van der Waals surface area (Å²) in [5.74, 6) is 1.75. The fraction of sp³-hybridized carbons (Fsp3) is 0.381. The van der Waals surface area contributed by atoms with Crippen LogP contribution in [-0.2, 0) is 5.41 Å². The van der Waals surface area contributed by atoms with E-state index in [2.05, 4.69) is 63.9 Å². The molecule has 0 N–H and O–H groups in total. The lowest BCUT2D eigenvalue weighted by Gasteiger charge is -2.20. The van der Waals surface area contributed by atoms with E-state index in [1.165, 1.54) is 5.56 Å². The van der Waals surface area contributed by atoms with Crippen LogP contribution in [0.15, 0.2) is 41.4 Å². The van der Waals surface area contributed by atoms with E-state index >= 15 is 0 Å². The number of benzene rings is 2. The molecule has 24 heavy (non-hydrogen) atoms. The highest BCUT2D eigenvalue weighted by Gasteiger charge is 2.14. The Bertz CT molecular complexity index is 740. The van der Waals surface area contributed by atoms with Crippen molar-refractivity contribution < 1.29 is 4.74 Å². The highest BCUT2D eigenvalue weighted by molar-refractivity contribution is 5.64. The third kappa shape index (κ3) is 4.60. The number of aryl methyl sites for hydroxylation is 2. The summed E-state index contributed by atoms with van der Waals surface area (Å²) < 4.78 is 6.14. The third-order valence-corrected chi connectivity index (χ3v) is 3.85. The maximum atomic E-state index is 6.14. The van der Waals surface area contributed by atoms with E-state index in [9.17, 15) is 0 Å². The molecule has 0 saturated carbocycles. The second-order valence-electron chi connectivity index (χ2n) is 7.49. The Labute approximate surface area is 146 Å². The van der Waals surface area contributed by atoms with Gasteiger partial charge in [-0.3, -0.25) is 0 Å². The van der Waals surface area contributed by atoms with Crippen molar-refractivity contribution in [3.63, 3.8) is 0 Å². The summed E-state index contributed by atoms with van der Waals surface area (Å²) in [5.41, 5.74) is 4.52. The largest absolute Gasteiger partial charge is 0.457 e. The molecule has 3 heteroatoms. The maximum Gasteiger partial charge on any atom is 0.130 e. The van der Waals surface area contributed by atoms with Crippen LogP contribution in [0.3, 0.4) is 0 Å². The molecule has 3 nitrogen and oxygen atoms in total. The Morgan fingerprint density at radius 3 is 2.33 bits per heavy atom. The summed E-state index contributed by atoms with van der Waals surface area (Å²) in [7, 11) is 3.93. The minimum absolute atomic E-state index is 0.106. The maximum absolute atomic E-state index is 6.14. The van der Waals surface area contributed by atoms with Crippen molar-refractivity contribution >= 4 is 12.0 Å². The van der Waals surface area contributed by atoms with E-state index in [1.54, 1.807) is 0 Å². The van der Waals surface area contributed by atoms with Crippen molar-refractivity contribution in [1.82, 2.24) is 4.90 Å². The molecule has 0 heterocycles. The smallest absolute Gasteiger partial charge is 0.130 e. The van der Waals surface area contributed by atoms with E-state index in [-0.39, 0.29) is 5.41 Å². The van der Waals surface area contributed by atoms with Crippen molar-refractivity contribution in [1.29, 1.82) is 0 Å². The Morgan fingerprint density at radius 1 is 1.00 bits per heavy atom. The number of ether oxygens (including phenoxy) is 1. The van der Waals surface area contributed by atoms with Crippen molar-refractivity contribution in [2.45, 2.75) is 40.0 Å². The number of hydrogen-bond donors (Lipinski definition) is 0. The summed E-state index contributed by atoms with van der Waals surface area (Å²) in [6, 6.07) is 12.4. The van der Waals surface area contributed by atoms with Crippen LogP contribution in [-0.4, -0.2) is 25.3 Å². The first-order valence-corrected chi connectivity index (χ1v) is 8.27. The summed E-state index contributed by atoms with van der Waals surface area (Å²) in [5, 5.41) is 0. The minimum atomic E-state index is 0.106. The van der Waals surface area contributed by atoms with E-state index in [0.29, 0.717) is 0 Å². The lowest BCUT2D eigenvalue weighted by atomic mass is 9.87. The number of rotatable bonds is 4. The van der Waals surface area contributed by atoms with Gasteiger partial charge in [0, 0.05) is 14.1 Å². The van der Waals surface area contributed by atoms with Gasteiger partial charge >= 0.3 is 0 Å². The lowest BCUT2D eigenvalue weighted by molar-refractivity contribution is 0.474. The predicted molar refractivity (Wildman–Crippen MR) is 103 cm³/mol. The quantitative estimate of drug-likeness (QED) is 0.539. The first-order valence-electron chi connectivity index (χ1n) is 8.27. The first kappa shape index (κ1) is 18.1. The molecule has 0 aliphatic heterocycles. The molecule has 0 unspecified atom stereocenters. The molecule has 0 aliphatic rings. The lowest BCUT2D eigenvalue weighted by Crippen LogP contribution is -2.10. The molecule has 0 atom stereocenters. The second-order valence-corrected chi connectivity index (χ2v) is 7.49. The fourth-order valence-corrected chi connectivity index (χ4v) is 2.35. The van der Waals surface area contributed by atoms with Crippen LogP contribution in [0.25, 0.3) is 0 Å². The minimum Gasteiger partial charge on any atom is -0.457 e. The Hall–Kier alpha value is -2.29. The van der Waals surface area contributed by atoms with Crippen LogP contribution in [0.1, 0.15) is 37.5 Å². The van der Waals surface area contributed by atoms with E-state index in [4.69, 9.17) is 4.74 Å². The molecule has 0 spiro atoms. The van der Waals surface area contributed by atoms with Crippen molar-refractivity contribution in [2.75, 3.05) is 14.1 Å². The van der Waals surface area contributed by atoms with Crippen LogP contribution < -0.4 is 4.74 Å². The number of aliphatic imine (C=N–C) groups is 1. The molecule has 0 aliphatic carbocycles. The Morgan fingerprint density at radius 2 is 1.71 bits per heavy atom. The number of hydrogen-bond acceptors (Lipinski definition) is 2. The summed E-state index contributed by atoms with van der Waals surface area (Å²) in [6.45, 7) is 10.7. The average Bonchev–Trinajstić information content (AvgIpc) is 2.48.